The molecule has 0 spiro atoms. The van der Waals surface area contributed by atoms with E-state index in [1.807, 2.05) is 0 Å². The maximum Gasteiger partial charge on any atom is 0.265 e. The van der Waals surface area contributed by atoms with Crippen molar-refractivity contribution < 1.29 is 22.7 Å². The van der Waals surface area contributed by atoms with Crippen LogP contribution in [0.4, 0.5) is 5.69 Å². The third kappa shape index (κ3) is 3.09. The van der Waals surface area contributed by atoms with Gasteiger partial charge in [0, 0.05) is 19.7 Å². The number of hydrogen-bond acceptors (Lipinski definition) is 5. The number of fused-ring (bicyclic) bond motifs is 1. The van der Waals surface area contributed by atoms with Gasteiger partial charge in [0.15, 0.2) is 6.10 Å². The number of anilines is 1. The first kappa shape index (κ1) is 14.8. The Balaban J connectivity index is 2.23. The van der Waals surface area contributed by atoms with Crippen LogP contribution in [0.5, 0.6) is 5.75 Å². The highest BCUT2D eigenvalue weighted by Crippen LogP contribution is 2.31. The third-order valence-electron chi connectivity index (χ3n) is 2.79. The van der Waals surface area contributed by atoms with E-state index >= 15 is 0 Å². The maximum atomic E-state index is 12.0. The highest BCUT2D eigenvalue weighted by atomic mass is 32.2. The summed E-state index contributed by atoms with van der Waals surface area (Å²) in [4.78, 5) is 11.5. The molecule has 0 saturated heterocycles. The van der Waals surface area contributed by atoms with Crippen molar-refractivity contribution in [3.05, 3.63) is 18.2 Å². The predicted octanol–water partition coefficient (Wildman–Crippen LogP) is 0.331. The van der Waals surface area contributed by atoms with Crippen molar-refractivity contribution in [1.29, 1.82) is 0 Å². The normalized spacial score (nSPS) is 18.1. The van der Waals surface area contributed by atoms with Crippen molar-refractivity contribution in [1.82, 2.24) is 4.72 Å². The van der Waals surface area contributed by atoms with Gasteiger partial charge in [-0.15, -0.1) is 0 Å². The molecule has 7 nitrogen and oxygen atoms in total. The Morgan fingerprint density at radius 1 is 1.45 bits per heavy atom. The molecule has 1 heterocycles. The second-order valence-electron chi connectivity index (χ2n) is 4.30. The molecule has 1 atom stereocenters. The van der Waals surface area contributed by atoms with Gasteiger partial charge in [-0.1, -0.05) is 0 Å². The van der Waals surface area contributed by atoms with Crippen LogP contribution in [-0.2, 0) is 19.6 Å². The summed E-state index contributed by atoms with van der Waals surface area (Å²) in [5, 5.41) is 2.64. The molecule has 1 aliphatic rings. The molecular weight excluding hydrogens is 284 g/mol. The van der Waals surface area contributed by atoms with E-state index in [0.717, 1.165) is 0 Å². The molecular formula is C12H16N2O5S. The SMILES string of the molecule is COCCNS(=O)(=O)c1ccc2c(c1)O[C@H](C)C(=O)N2. The maximum absolute atomic E-state index is 12.0. The molecule has 0 unspecified atom stereocenters. The van der Waals surface area contributed by atoms with E-state index < -0.39 is 16.1 Å². The minimum Gasteiger partial charge on any atom is -0.479 e. The highest BCUT2D eigenvalue weighted by molar-refractivity contribution is 7.89. The van der Waals surface area contributed by atoms with Crippen LogP contribution in [-0.4, -0.2) is 40.7 Å². The molecule has 0 fully saturated rings. The van der Waals surface area contributed by atoms with E-state index in [0.29, 0.717) is 11.4 Å². The first-order valence-corrected chi connectivity index (χ1v) is 7.52. The molecule has 1 aromatic carbocycles. The molecule has 0 aliphatic carbocycles. The molecule has 1 aromatic rings. The van der Waals surface area contributed by atoms with E-state index in [2.05, 4.69) is 10.0 Å². The van der Waals surface area contributed by atoms with Crippen LogP contribution in [0.15, 0.2) is 23.1 Å². The minimum absolute atomic E-state index is 0.0794. The van der Waals surface area contributed by atoms with Crippen LogP contribution >= 0.6 is 0 Å². The van der Waals surface area contributed by atoms with Crippen LogP contribution in [0, 0.1) is 0 Å². The number of methoxy groups -OCH3 is 1. The van der Waals surface area contributed by atoms with Gasteiger partial charge < -0.3 is 14.8 Å². The van der Waals surface area contributed by atoms with Gasteiger partial charge in [-0.2, -0.15) is 0 Å². The summed E-state index contributed by atoms with van der Waals surface area (Å²) in [7, 11) is -2.13. The molecule has 2 N–H and O–H groups in total. The largest absolute Gasteiger partial charge is 0.479 e. The van der Waals surface area contributed by atoms with E-state index in [9.17, 15) is 13.2 Å². The summed E-state index contributed by atoms with van der Waals surface area (Å²) in [5.74, 6) is 0.0815. The van der Waals surface area contributed by atoms with Crippen LogP contribution in [0.1, 0.15) is 6.92 Å². The molecule has 110 valence electrons. The Hall–Kier alpha value is -1.64. The number of amides is 1. The van der Waals surface area contributed by atoms with Gasteiger partial charge in [0.25, 0.3) is 5.91 Å². The van der Waals surface area contributed by atoms with E-state index in [1.165, 1.54) is 25.3 Å². The molecule has 0 bridgehead atoms. The number of nitrogens with one attached hydrogen (secondary N) is 2. The summed E-state index contributed by atoms with van der Waals surface area (Å²) in [6, 6.07) is 4.30. The van der Waals surface area contributed by atoms with Crippen molar-refractivity contribution in [2.24, 2.45) is 0 Å². The van der Waals surface area contributed by atoms with Gasteiger partial charge in [0.2, 0.25) is 10.0 Å². The fraction of sp³-hybridized carbons (Fsp3) is 0.417. The molecule has 1 aliphatic heterocycles. The summed E-state index contributed by atoms with van der Waals surface area (Å²) in [5.41, 5.74) is 0.462. The van der Waals surface area contributed by atoms with Crippen LogP contribution in [0.2, 0.25) is 0 Å². The van der Waals surface area contributed by atoms with Crippen molar-refractivity contribution in [2.45, 2.75) is 17.9 Å². The average molecular weight is 300 g/mol. The van der Waals surface area contributed by atoms with E-state index in [4.69, 9.17) is 9.47 Å². The summed E-state index contributed by atoms with van der Waals surface area (Å²) in [6.07, 6.45) is -0.651. The fourth-order valence-corrected chi connectivity index (χ4v) is 2.74. The Bertz CT molecular complexity index is 614. The monoisotopic (exact) mass is 300 g/mol. The zero-order valence-electron chi connectivity index (χ0n) is 11.2. The Morgan fingerprint density at radius 3 is 2.90 bits per heavy atom. The van der Waals surface area contributed by atoms with Crippen LogP contribution in [0.3, 0.4) is 0 Å². The van der Waals surface area contributed by atoms with Crippen molar-refractivity contribution in [3.63, 3.8) is 0 Å². The minimum atomic E-state index is -3.62. The lowest BCUT2D eigenvalue weighted by atomic mass is 10.2. The number of carbonyl (C=O) groups is 1. The van der Waals surface area contributed by atoms with Gasteiger partial charge in [0.05, 0.1) is 17.2 Å². The van der Waals surface area contributed by atoms with Gasteiger partial charge in [0.1, 0.15) is 5.75 Å². The lowest BCUT2D eigenvalue weighted by Gasteiger charge is -2.23. The van der Waals surface area contributed by atoms with Crippen molar-refractivity contribution >= 4 is 21.6 Å². The smallest absolute Gasteiger partial charge is 0.265 e. The summed E-state index contributed by atoms with van der Waals surface area (Å²) in [6.45, 7) is 2.06. The molecule has 0 radical (unpaired) electrons. The molecule has 0 saturated carbocycles. The molecule has 1 amide bonds. The average Bonchev–Trinajstić information content (AvgIpc) is 2.39. The second kappa shape index (κ2) is 5.78. The topological polar surface area (TPSA) is 93.7 Å². The first-order valence-electron chi connectivity index (χ1n) is 6.04. The Labute approximate surface area is 117 Å². The van der Waals surface area contributed by atoms with Crippen LogP contribution in [0.25, 0.3) is 0 Å². The number of hydrogen-bond donors (Lipinski definition) is 2. The standard InChI is InChI=1S/C12H16N2O5S/c1-8-12(15)14-10-4-3-9(7-11(10)19-8)20(16,17)13-5-6-18-2/h3-4,7-8,13H,5-6H2,1-2H3,(H,14,15)/t8-/m1/s1. The predicted molar refractivity (Wildman–Crippen MR) is 72.2 cm³/mol. The molecule has 8 heteroatoms. The zero-order chi connectivity index (χ0) is 14.8. The fourth-order valence-electron chi connectivity index (χ4n) is 1.71. The highest BCUT2D eigenvalue weighted by Gasteiger charge is 2.25. The van der Waals surface area contributed by atoms with Gasteiger partial charge in [-0.25, -0.2) is 13.1 Å². The van der Waals surface area contributed by atoms with E-state index in [-0.39, 0.29) is 24.0 Å². The van der Waals surface area contributed by atoms with Crippen molar-refractivity contribution in [3.8, 4) is 5.75 Å². The van der Waals surface area contributed by atoms with Gasteiger partial charge >= 0.3 is 0 Å². The zero-order valence-corrected chi connectivity index (χ0v) is 12.0. The number of benzene rings is 1. The lowest BCUT2D eigenvalue weighted by molar-refractivity contribution is -0.122. The number of carbonyl (C=O) groups excluding carboxylic acids is 1. The van der Waals surface area contributed by atoms with Gasteiger partial charge in [-0.3, -0.25) is 4.79 Å². The molecule has 20 heavy (non-hydrogen) atoms. The first-order chi connectivity index (χ1) is 9.44. The van der Waals surface area contributed by atoms with Crippen LogP contribution < -0.4 is 14.8 Å². The summed E-state index contributed by atoms with van der Waals surface area (Å²) >= 11 is 0. The number of ether oxygens (including phenoxy) is 2. The molecule has 2 rings (SSSR count). The summed E-state index contributed by atoms with van der Waals surface area (Å²) < 4.78 is 36.6. The number of rotatable bonds is 5. The Morgan fingerprint density at radius 2 is 2.20 bits per heavy atom. The Kier molecular flexibility index (Phi) is 4.26. The van der Waals surface area contributed by atoms with Gasteiger partial charge in [-0.05, 0) is 19.1 Å². The molecule has 0 aromatic heterocycles. The lowest BCUT2D eigenvalue weighted by Crippen LogP contribution is -2.34. The van der Waals surface area contributed by atoms with E-state index in [1.54, 1.807) is 6.92 Å². The second-order valence-corrected chi connectivity index (χ2v) is 6.06. The number of sulfonamides is 1. The van der Waals surface area contributed by atoms with Crippen molar-refractivity contribution in [2.75, 3.05) is 25.6 Å². The third-order valence-corrected chi connectivity index (χ3v) is 4.25. The quantitative estimate of drug-likeness (QED) is 0.764.